The highest BCUT2D eigenvalue weighted by molar-refractivity contribution is 5.92. The van der Waals surface area contributed by atoms with Gasteiger partial charge in [0.1, 0.15) is 17.1 Å². The number of aryl methyl sites for hydroxylation is 2. The maximum atomic E-state index is 12.1. The Bertz CT molecular complexity index is 593. The van der Waals surface area contributed by atoms with Crippen LogP contribution in [0.5, 0.6) is 0 Å². The molecule has 1 saturated heterocycles. The van der Waals surface area contributed by atoms with E-state index in [9.17, 15) is 14.4 Å². The van der Waals surface area contributed by atoms with Crippen molar-refractivity contribution < 1.29 is 23.5 Å². The molecule has 7 heteroatoms. The highest BCUT2D eigenvalue weighted by Crippen LogP contribution is 2.17. The predicted molar refractivity (Wildman–Crippen MR) is 77.0 cm³/mol. The quantitative estimate of drug-likeness (QED) is 0.828. The molecule has 2 amide bonds. The van der Waals surface area contributed by atoms with Gasteiger partial charge in [-0.05, 0) is 32.8 Å². The van der Waals surface area contributed by atoms with Crippen LogP contribution >= 0.6 is 0 Å². The second kappa shape index (κ2) is 6.64. The molecule has 0 radical (unpaired) electrons. The van der Waals surface area contributed by atoms with E-state index < -0.39 is 11.9 Å². The summed E-state index contributed by atoms with van der Waals surface area (Å²) in [5, 5.41) is 0. The van der Waals surface area contributed by atoms with Gasteiger partial charge in [-0.2, -0.15) is 0 Å². The summed E-state index contributed by atoms with van der Waals surface area (Å²) < 4.78 is 10.3. The lowest BCUT2D eigenvalue weighted by molar-refractivity contribution is -0.137. The molecule has 1 aliphatic rings. The lowest BCUT2D eigenvalue weighted by Gasteiger charge is -2.31. The number of carbonyl (C=O) groups is 3. The molecule has 0 bridgehead atoms. The van der Waals surface area contributed by atoms with Crippen molar-refractivity contribution in [3.8, 4) is 0 Å². The lowest BCUT2D eigenvalue weighted by atomic mass is 9.97. The van der Waals surface area contributed by atoms with Gasteiger partial charge in [0.15, 0.2) is 6.61 Å². The van der Waals surface area contributed by atoms with Gasteiger partial charge in [0.2, 0.25) is 5.91 Å². The van der Waals surface area contributed by atoms with Crippen LogP contribution in [0.4, 0.5) is 0 Å². The minimum atomic E-state index is -0.592. The minimum Gasteiger partial charge on any atom is -0.466 e. The van der Waals surface area contributed by atoms with Crippen molar-refractivity contribution >= 4 is 17.8 Å². The van der Waals surface area contributed by atoms with Gasteiger partial charge in [0.05, 0.1) is 5.92 Å². The van der Waals surface area contributed by atoms with Gasteiger partial charge in [-0.1, -0.05) is 0 Å². The van der Waals surface area contributed by atoms with Crippen LogP contribution in [0.1, 0.15) is 34.7 Å². The highest BCUT2D eigenvalue weighted by Gasteiger charge is 2.27. The zero-order chi connectivity index (χ0) is 16.3. The van der Waals surface area contributed by atoms with Crippen molar-refractivity contribution in [1.82, 2.24) is 4.90 Å². The van der Waals surface area contributed by atoms with E-state index in [2.05, 4.69) is 0 Å². The van der Waals surface area contributed by atoms with Crippen LogP contribution in [0.2, 0.25) is 0 Å². The summed E-state index contributed by atoms with van der Waals surface area (Å²) in [6.07, 6.45) is 1.40. The number of hydrogen-bond acceptors (Lipinski definition) is 5. The van der Waals surface area contributed by atoms with Crippen LogP contribution in [-0.2, 0) is 14.3 Å². The summed E-state index contributed by atoms with van der Waals surface area (Å²) in [4.78, 5) is 36.7. The third kappa shape index (κ3) is 3.66. The molecule has 22 heavy (non-hydrogen) atoms. The fourth-order valence-electron chi connectivity index (χ4n) is 2.57. The summed E-state index contributed by atoms with van der Waals surface area (Å²) in [6, 6.07) is 1.58. The van der Waals surface area contributed by atoms with Crippen LogP contribution in [0.3, 0.4) is 0 Å². The molecular weight excluding hydrogens is 288 g/mol. The zero-order valence-electron chi connectivity index (χ0n) is 12.8. The fourth-order valence-corrected chi connectivity index (χ4v) is 2.57. The molecule has 1 atom stereocenters. The van der Waals surface area contributed by atoms with Crippen LogP contribution in [0.15, 0.2) is 10.5 Å². The Morgan fingerprint density at radius 3 is 2.73 bits per heavy atom. The maximum absolute atomic E-state index is 12.1. The Morgan fingerprint density at radius 1 is 1.41 bits per heavy atom. The van der Waals surface area contributed by atoms with Gasteiger partial charge in [0, 0.05) is 13.1 Å². The molecule has 0 aromatic carbocycles. The normalized spacial score (nSPS) is 18.1. The van der Waals surface area contributed by atoms with E-state index in [4.69, 9.17) is 14.9 Å². The first kappa shape index (κ1) is 16.1. The Morgan fingerprint density at radius 2 is 2.14 bits per heavy atom. The number of likely N-dealkylation sites (tertiary alicyclic amines) is 1. The molecule has 2 heterocycles. The lowest BCUT2D eigenvalue weighted by Crippen LogP contribution is -2.45. The Hall–Kier alpha value is -2.31. The monoisotopic (exact) mass is 308 g/mol. The van der Waals surface area contributed by atoms with Gasteiger partial charge < -0.3 is 19.8 Å². The van der Waals surface area contributed by atoms with Crippen LogP contribution in [-0.4, -0.2) is 42.4 Å². The topological polar surface area (TPSA) is 103 Å². The number of hydrogen-bond donors (Lipinski definition) is 1. The van der Waals surface area contributed by atoms with Crippen molar-refractivity contribution in [2.45, 2.75) is 26.7 Å². The van der Waals surface area contributed by atoms with E-state index >= 15 is 0 Å². The molecule has 0 unspecified atom stereocenters. The fraction of sp³-hybridized carbons (Fsp3) is 0.533. The van der Waals surface area contributed by atoms with Crippen molar-refractivity contribution in [2.75, 3.05) is 19.7 Å². The van der Waals surface area contributed by atoms with Gasteiger partial charge in [-0.3, -0.25) is 9.59 Å². The van der Waals surface area contributed by atoms with E-state index in [1.165, 1.54) is 4.90 Å². The van der Waals surface area contributed by atoms with Gasteiger partial charge in [-0.15, -0.1) is 0 Å². The molecule has 1 fully saturated rings. The summed E-state index contributed by atoms with van der Waals surface area (Å²) in [6.45, 7) is 3.87. The molecule has 2 N–H and O–H groups in total. The predicted octanol–water partition coefficient (Wildman–Crippen LogP) is 0.777. The second-order valence-electron chi connectivity index (χ2n) is 5.48. The number of piperidine rings is 1. The number of furan rings is 1. The highest BCUT2D eigenvalue weighted by atomic mass is 16.5. The largest absolute Gasteiger partial charge is 0.466 e. The van der Waals surface area contributed by atoms with Gasteiger partial charge >= 0.3 is 5.97 Å². The number of rotatable bonds is 4. The molecule has 1 aliphatic heterocycles. The zero-order valence-corrected chi connectivity index (χ0v) is 12.8. The van der Waals surface area contributed by atoms with Crippen molar-refractivity contribution in [3.05, 3.63) is 23.2 Å². The average molecular weight is 308 g/mol. The first-order chi connectivity index (χ1) is 10.4. The van der Waals surface area contributed by atoms with E-state index in [-0.39, 0.29) is 25.0 Å². The standard InChI is InChI=1S/C15H20N2O5/c1-9-6-12(10(2)22-9)15(20)21-8-13(18)17-5-3-4-11(7-17)14(16)19/h6,11H,3-5,7-8H2,1-2H3,(H2,16,19)/t11-/m0/s1. The molecule has 120 valence electrons. The van der Waals surface area contributed by atoms with Gasteiger partial charge in [-0.25, -0.2) is 4.79 Å². The minimum absolute atomic E-state index is 0.287. The van der Waals surface area contributed by atoms with Gasteiger partial charge in [0.25, 0.3) is 5.91 Å². The van der Waals surface area contributed by atoms with E-state index in [1.807, 2.05) is 0 Å². The number of carbonyl (C=O) groups excluding carboxylic acids is 3. The number of primary amides is 1. The first-order valence-corrected chi connectivity index (χ1v) is 7.19. The molecule has 0 spiro atoms. The molecule has 1 aromatic heterocycles. The van der Waals surface area contributed by atoms with Crippen LogP contribution < -0.4 is 5.73 Å². The molecule has 2 rings (SSSR count). The number of nitrogens with zero attached hydrogens (tertiary/aromatic N) is 1. The first-order valence-electron chi connectivity index (χ1n) is 7.19. The smallest absolute Gasteiger partial charge is 0.342 e. The molecule has 0 saturated carbocycles. The molecule has 7 nitrogen and oxygen atoms in total. The number of esters is 1. The van der Waals surface area contributed by atoms with Crippen molar-refractivity contribution in [2.24, 2.45) is 11.7 Å². The summed E-state index contributed by atoms with van der Waals surface area (Å²) in [5.41, 5.74) is 5.59. The Labute approximate surface area is 128 Å². The number of amides is 2. The molecule has 0 aliphatic carbocycles. The molecule has 1 aromatic rings. The third-order valence-electron chi connectivity index (χ3n) is 3.76. The summed E-state index contributed by atoms with van der Waals surface area (Å²) in [7, 11) is 0. The number of nitrogens with two attached hydrogens (primary N) is 1. The Balaban J connectivity index is 1.88. The van der Waals surface area contributed by atoms with Crippen molar-refractivity contribution in [3.63, 3.8) is 0 Å². The van der Waals surface area contributed by atoms with Crippen molar-refractivity contribution in [1.29, 1.82) is 0 Å². The van der Waals surface area contributed by atoms with E-state index in [0.717, 1.165) is 0 Å². The maximum Gasteiger partial charge on any atom is 0.342 e. The number of ether oxygens (including phenoxy) is 1. The summed E-state index contributed by atoms with van der Waals surface area (Å²) in [5.74, 6) is -0.577. The molecular formula is C15H20N2O5. The van der Waals surface area contributed by atoms with E-state index in [1.54, 1.807) is 19.9 Å². The average Bonchev–Trinajstić information content (AvgIpc) is 2.83. The van der Waals surface area contributed by atoms with Crippen LogP contribution in [0.25, 0.3) is 0 Å². The second-order valence-corrected chi connectivity index (χ2v) is 5.48. The summed E-state index contributed by atoms with van der Waals surface area (Å²) >= 11 is 0. The van der Waals surface area contributed by atoms with Crippen LogP contribution in [0, 0.1) is 19.8 Å². The SMILES string of the molecule is Cc1cc(C(=O)OCC(=O)N2CCC[C@H](C(N)=O)C2)c(C)o1. The third-order valence-corrected chi connectivity index (χ3v) is 3.76. The van der Waals surface area contributed by atoms with E-state index in [0.29, 0.717) is 36.5 Å². The Kier molecular flexibility index (Phi) is 4.85.